The molecule has 0 saturated carbocycles. The second kappa shape index (κ2) is 5.88. The number of halogens is 1. The van der Waals surface area contributed by atoms with Gasteiger partial charge in [0, 0.05) is 31.7 Å². The van der Waals surface area contributed by atoms with Crippen LogP contribution in [-0.4, -0.2) is 43.7 Å². The minimum absolute atomic E-state index is 0.00315. The van der Waals surface area contributed by atoms with Gasteiger partial charge in [-0.15, -0.1) is 0 Å². The third-order valence-corrected chi connectivity index (χ3v) is 3.84. The highest BCUT2D eigenvalue weighted by Gasteiger charge is 2.29. The molecule has 0 aliphatic carbocycles. The fraction of sp³-hybridized carbons (Fsp3) is 0.600. The molecule has 2 rings (SSSR count). The van der Waals surface area contributed by atoms with E-state index in [1.165, 1.54) is 6.07 Å². The Morgan fingerprint density at radius 3 is 2.63 bits per heavy atom. The monoisotopic (exact) mass is 266 g/mol. The van der Waals surface area contributed by atoms with E-state index in [9.17, 15) is 4.39 Å². The van der Waals surface area contributed by atoms with E-state index in [4.69, 9.17) is 4.74 Å². The first-order valence-corrected chi connectivity index (χ1v) is 6.81. The summed E-state index contributed by atoms with van der Waals surface area (Å²) in [6.45, 7) is 8.52. The van der Waals surface area contributed by atoms with Crippen LogP contribution >= 0.6 is 0 Å². The van der Waals surface area contributed by atoms with E-state index in [0.717, 1.165) is 43.9 Å². The first-order chi connectivity index (χ1) is 9.03. The molecule has 1 saturated heterocycles. The van der Waals surface area contributed by atoms with Crippen LogP contribution in [0, 0.1) is 5.82 Å². The summed E-state index contributed by atoms with van der Waals surface area (Å²) < 4.78 is 18.8. The normalized spacial score (nSPS) is 17.5. The zero-order chi connectivity index (χ0) is 13.9. The van der Waals surface area contributed by atoms with Crippen molar-refractivity contribution in [2.75, 3.05) is 33.3 Å². The molecule has 0 radical (unpaired) electrons. The van der Waals surface area contributed by atoms with Crippen molar-refractivity contribution in [3.05, 3.63) is 29.6 Å². The molecule has 0 spiro atoms. The molecule has 3 nitrogen and oxygen atoms in total. The summed E-state index contributed by atoms with van der Waals surface area (Å²) in [5.41, 5.74) is 0.939. The average Bonchev–Trinajstić information content (AvgIpc) is 2.39. The van der Waals surface area contributed by atoms with E-state index in [2.05, 4.69) is 24.1 Å². The van der Waals surface area contributed by atoms with Crippen LogP contribution in [0.15, 0.2) is 18.2 Å². The van der Waals surface area contributed by atoms with Crippen LogP contribution in [0.2, 0.25) is 0 Å². The van der Waals surface area contributed by atoms with Gasteiger partial charge in [0.25, 0.3) is 0 Å². The molecule has 0 bridgehead atoms. The Balaban J connectivity index is 2.16. The van der Waals surface area contributed by atoms with Crippen molar-refractivity contribution >= 4 is 0 Å². The van der Waals surface area contributed by atoms with Gasteiger partial charge in [0.15, 0.2) is 0 Å². The lowest BCUT2D eigenvalue weighted by Crippen LogP contribution is -2.54. The molecule has 106 valence electrons. The van der Waals surface area contributed by atoms with Crippen LogP contribution in [0.1, 0.15) is 19.4 Å². The molecule has 1 aliphatic heterocycles. The van der Waals surface area contributed by atoms with E-state index >= 15 is 0 Å². The molecule has 1 N–H and O–H groups in total. The SMILES string of the molecule is COc1ccc(F)cc1CC(C)(C)N1CCNCC1. The number of rotatable bonds is 4. The Labute approximate surface area is 114 Å². The standard InChI is InChI=1S/C15H23FN2O/c1-15(2,18-8-6-17-7-9-18)11-12-10-13(16)4-5-14(12)19-3/h4-5,10,17H,6-9,11H2,1-3H3. The van der Waals surface area contributed by atoms with Crippen molar-refractivity contribution < 1.29 is 9.13 Å². The van der Waals surface area contributed by atoms with Gasteiger partial charge in [-0.1, -0.05) is 0 Å². The molecule has 1 fully saturated rings. The number of hydrogen-bond acceptors (Lipinski definition) is 3. The van der Waals surface area contributed by atoms with Crippen molar-refractivity contribution in [1.29, 1.82) is 0 Å². The number of benzene rings is 1. The van der Waals surface area contributed by atoms with Crippen molar-refractivity contribution in [2.45, 2.75) is 25.8 Å². The number of methoxy groups -OCH3 is 1. The van der Waals surface area contributed by atoms with Gasteiger partial charge in [-0.25, -0.2) is 4.39 Å². The van der Waals surface area contributed by atoms with Gasteiger partial charge in [0.05, 0.1) is 7.11 Å². The molecule has 0 unspecified atom stereocenters. The lowest BCUT2D eigenvalue weighted by atomic mass is 9.91. The molecule has 1 aromatic rings. The summed E-state index contributed by atoms with van der Waals surface area (Å²) in [7, 11) is 1.63. The summed E-state index contributed by atoms with van der Waals surface area (Å²) in [5.74, 6) is 0.566. The van der Waals surface area contributed by atoms with Crippen LogP contribution < -0.4 is 10.1 Å². The van der Waals surface area contributed by atoms with Gasteiger partial charge in [-0.2, -0.15) is 0 Å². The van der Waals surface area contributed by atoms with Crippen LogP contribution in [0.4, 0.5) is 4.39 Å². The molecule has 4 heteroatoms. The topological polar surface area (TPSA) is 24.5 Å². The molecule has 1 heterocycles. The van der Waals surface area contributed by atoms with Crippen molar-refractivity contribution in [2.24, 2.45) is 0 Å². The summed E-state index contributed by atoms with van der Waals surface area (Å²) in [6.07, 6.45) is 0.786. The second-order valence-electron chi connectivity index (χ2n) is 5.68. The number of ether oxygens (including phenoxy) is 1. The highest BCUT2D eigenvalue weighted by atomic mass is 19.1. The van der Waals surface area contributed by atoms with Gasteiger partial charge in [-0.05, 0) is 44.0 Å². The molecule has 19 heavy (non-hydrogen) atoms. The third-order valence-electron chi connectivity index (χ3n) is 3.84. The van der Waals surface area contributed by atoms with E-state index < -0.39 is 0 Å². The van der Waals surface area contributed by atoms with Crippen LogP contribution in [-0.2, 0) is 6.42 Å². The van der Waals surface area contributed by atoms with Crippen LogP contribution in [0.5, 0.6) is 5.75 Å². The molecule has 0 amide bonds. The van der Waals surface area contributed by atoms with E-state index in [1.54, 1.807) is 19.2 Å². The third kappa shape index (κ3) is 3.45. The Bertz CT molecular complexity index is 428. The fourth-order valence-electron chi connectivity index (χ4n) is 2.73. The van der Waals surface area contributed by atoms with E-state index in [-0.39, 0.29) is 11.4 Å². The molecule has 0 atom stereocenters. The van der Waals surface area contributed by atoms with E-state index in [0.29, 0.717) is 0 Å². The van der Waals surface area contributed by atoms with Gasteiger partial charge in [-0.3, -0.25) is 4.90 Å². The summed E-state index contributed by atoms with van der Waals surface area (Å²) in [4.78, 5) is 2.45. The minimum Gasteiger partial charge on any atom is -0.496 e. The highest BCUT2D eigenvalue weighted by Crippen LogP contribution is 2.27. The highest BCUT2D eigenvalue weighted by molar-refractivity contribution is 5.35. The summed E-state index contributed by atoms with van der Waals surface area (Å²) >= 11 is 0. The summed E-state index contributed by atoms with van der Waals surface area (Å²) in [6, 6.07) is 4.74. The second-order valence-corrected chi connectivity index (χ2v) is 5.68. The minimum atomic E-state index is -0.202. The Morgan fingerprint density at radius 2 is 2.00 bits per heavy atom. The van der Waals surface area contributed by atoms with Gasteiger partial charge >= 0.3 is 0 Å². The smallest absolute Gasteiger partial charge is 0.123 e. The zero-order valence-corrected chi connectivity index (χ0v) is 12.0. The van der Waals surface area contributed by atoms with Crippen molar-refractivity contribution in [1.82, 2.24) is 10.2 Å². The molecular weight excluding hydrogens is 243 g/mol. The zero-order valence-electron chi connectivity index (χ0n) is 12.0. The van der Waals surface area contributed by atoms with Gasteiger partial charge in [0.2, 0.25) is 0 Å². The first-order valence-electron chi connectivity index (χ1n) is 6.81. The number of nitrogens with zero attached hydrogens (tertiary/aromatic N) is 1. The summed E-state index contributed by atoms with van der Waals surface area (Å²) in [5, 5.41) is 3.36. The first kappa shape index (κ1) is 14.3. The average molecular weight is 266 g/mol. The molecule has 1 aliphatic rings. The van der Waals surface area contributed by atoms with Gasteiger partial charge < -0.3 is 10.1 Å². The quantitative estimate of drug-likeness (QED) is 0.903. The predicted octanol–water partition coefficient (Wildman–Crippen LogP) is 2.06. The molecule has 0 aromatic heterocycles. The fourth-order valence-corrected chi connectivity index (χ4v) is 2.73. The lowest BCUT2D eigenvalue weighted by molar-refractivity contribution is 0.103. The van der Waals surface area contributed by atoms with Crippen molar-refractivity contribution in [3.63, 3.8) is 0 Å². The maximum absolute atomic E-state index is 13.4. The lowest BCUT2D eigenvalue weighted by Gasteiger charge is -2.41. The predicted molar refractivity (Wildman–Crippen MR) is 75.2 cm³/mol. The number of piperazine rings is 1. The van der Waals surface area contributed by atoms with E-state index in [1.807, 2.05) is 0 Å². The Hall–Kier alpha value is -1.13. The number of nitrogens with one attached hydrogen (secondary N) is 1. The Morgan fingerprint density at radius 1 is 1.32 bits per heavy atom. The number of hydrogen-bond donors (Lipinski definition) is 1. The van der Waals surface area contributed by atoms with Crippen molar-refractivity contribution in [3.8, 4) is 5.75 Å². The van der Waals surface area contributed by atoms with Gasteiger partial charge in [0.1, 0.15) is 11.6 Å². The molecule has 1 aromatic carbocycles. The maximum atomic E-state index is 13.4. The Kier molecular flexibility index (Phi) is 4.42. The molecular formula is C15H23FN2O. The van der Waals surface area contributed by atoms with Crippen LogP contribution in [0.3, 0.4) is 0 Å². The van der Waals surface area contributed by atoms with Crippen LogP contribution in [0.25, 0.3) is 0 Å². The largest absolute Gasteiger partial charge is 0.496 e. The maximum Gasteiger partial charge on any atom is 0.123 e.